The molecule has 0 aromatic heterocycles. The molecule has 0 aliphatic heterocycles. The number of rotatable bonds is 8. The normalized spacial score (nSPS) is 12.5. The number of carbonyl (C=O) groups is 1. The fraction of sp³-hybridized carbons (Fsp3) is 0.889. The molecule has 0 aromatic rings. The molecule has 0 unspecified atom stereocenters. The van der Waals surface area contributed by atoms with Crippen LogP contribution in [0.1, 0.15) is 13.3 Å². The monoisotopic (exact) mass is 204 g/mol. The summed E-state index contributed by atoms with van der Waals surface area (Å²) in [5.41, 5.74) is 0. The van der Waals surface area contributed by atoms with Crippen molar-refractivity contribution in [3.63, 3.8) is 0 Å². The van der Waals surface area contributed by atoms with E-state index in [1.54, 1.807) is 14.0 Å². The molecule has 0 rings (SSSR count). The van der Waals surface area contributed by atoms with Gasteiger partial charge in [0, 0.05) is 33.2 Å². The summed E-state index contributed by atoms with van der Waals surface area (Å²) in [5.74, 6) is 0.000132. The molecule has 0 aliphatic rings. The van der Waals surface area contributed by atoms with E-state index in [2.05, 4.69) is 10.6 Å². The maximum Gasteiger partial charge on any atom is 0.221 e. The van der Waals surface area contributed by atoms with Crippen LogP contribution in [0.5, 0.6) is 0 Å². The first kappa shape index (κ1) is 13.4. The molecular weight excluding hydrogens is 184 g/mol. The minimum absolute atomic E-state index is 0.000132. The van der Waals surface area contributed by atoms with Crippen LogP contribution in [-0.2, 0) is 9.53 Å². The van der Waals surface area contributed by atoms with Crippen molar-refractivity contribution in [2.75, 3.05) is 33.4 Å². The molecule has 0 radical (unpaired) electrons. The lowest BCUT2D eigenvalue weighted by molar-refractivity contribution is -0.121. The van der Waals surface area contributed by atoms with E-state index in [4.69, 9.17) is 9.84 Å². The van der Waals surface area contributed by atoms with E-state index in [0.29, 0.717) is 32.7 Å². The van der Waals surface area contributed by atoms with Gasteiger partial charge in [0.2, 0.25) is 5.91 Å². The highest BCUT2D eigenvalue weighted by Crippen LogP contribution is 1.79. The van der Waals surface area contributed by atoms with E-state index in [1.165, 1.54) is 0 Å². The minimum Gasteiger partial charge on any atom is -0.392 e. The van der Waals surface area contributed by atoms with E-state index in [-0.39, 0.29) is 12.0 Å². The highest BCUT2D eigenvalue weighted by atomic mass is 16.5. The molecule has 0 saturated carbocycles. The third-order valence-corrected chi connectivity index (χ3v) is 1.60. The molecule has 0 aromatic carbocycles. The first-order valence-corrected chi connectivity index (χ1v) is 4.81. The number of ether oxygens (including phenoxy) is 1. The van der Waals surface area contributed by atoms with Crippen molar-refractivity contribution >= 4 is 5.91 Å². The second-order valence-corrected chi connectivity index (χ2v) is 3.15. The van der Waals surface area contributed by atoms with Gasteiger partial charge in [-0.1, -0.05) is 0 Å². The molecule has 84 valence electrons. The maximum absolute atomic E-state index is 11.1. The SMILES string of the molecule is COCCNC(=O)CCNC[C@H](C)O. The second kappa shape index (κ2) is 8.93. The summed E-state index contributed by atoms with van der Waals surface area (Å²) >= 11 is 0. The summed E-state index contributed by atoms with van der Waals surface area (Å²) in [6.07, 6.45) is 0.0581. The largest absolute Gasteiger partial charge is 0.392 e. The second-order valence-electron chi connectivity index (χ2n) is 3.15. The Morgan fingerprint density at radius 1 is 1.50 bits per heavy atom. The van der Waals surface area contributed by atoms with Gasteiger partial charge in [-0.05, 0) is 6.92 Å². The molecule has 0 bridgehead atoms. The summed E-state index contributed by atoms with van der Waals surface area (Å²) in [5, 5.41) is 14.6. The van der Waals surface area contributed by atoms with Crippen LogP contribution in [-0.4, -0.2) is 50.5 Å². The fourth-order valence-electron chi connectivity index (χ4n) is 0.894. The zero-order valence-electron chi connectivity index (χ0n) is 8.88. The molecule has 5 nitrogen and oxygen atoms in total. The number of carbonyl (C=O) groups excluding carboxylic acids is 1. The van der Waals surface area contributed by atoms with E-state index in [9.17, 15) is 4.79 Å². The van der Waals surface area contributed by atoms with Gasteiger partial charge in [-0.25, -0.2) is 0 Å². The first-order chi connectivity index (χ1) is 6.66. The lowest BCUT2D eigenvalue weighted by atomic mass is 10.3. The van der Waals surface area contributed by atoms with Crippen molar-refractivity contribution in [3.05, 3.63) is 0 Å². The first-order valence-electron chi connectivity index (χ1n) is 4.81. The number of hydrogen-bond donors (Lipinski definition) is 3. The molecule has 3 N–H and O–H groups in total. The van der Waals surface area contributed by atoms with Crippen LogP contribution in [0, 0.1) is 0 Å². The van der Waals surface area contributed by atoms with Crippen molar-refractivity contribution in [2.45, 2.75) is 19.4 Å². The van der Waals surface area contributed by atoms with Crippen LogP contribution in [0.3, 0.4) is 0 Å². The van der Waals surface area contributed by atoms with Gasteiger partial charge in [0.15, 0.2) is 0 Å². The number of methoxy groups -OCH3 is 1. The van der Waals surface area contributed by atoms with Crippen molar-refractivity contribution < 1.29 is 14.6 Å². The Morgan fingerprint density at radius 2 is 2.21 bits per heavy atom. The molecule has 1 atom stereocenters. The van der Waals surface area contributed by atoms with Crippen molar-refractivity contribution in [1.29, 1.82) is 0 Å². The number of aliphatic hydroxyl groups excluding tert-OH is 1. The van der Waals surface area contributed by atoms with Gasteiger partial charge in [0.05, 0.1) is 12.7 Å². The highest BCUT2D eigenvalue weighted by molar-refractivity contribution is 5.75. The van der Waals surface area contributed by atoms with Crippen LogP contribution in [0.25, 0.3) is 0 Å². The van der Waals surface area contributed by atoms with Gasteiger partial charge in [-0.15, -0.1) is 0 Å². The average molecular weight is 204 g/mol. The summed E-state index contributed by atoms with van der Waals surface area (Å²) < 4.78 is 4.79. The number of amides is 1. The Bertz CT molecular complexity index is 151. The van der Waals surface area contributed by atoms with Crippen LogP contribution < -0.4 is 10.6 Å². The quantitative estimate of drug-likeness (QED) is 0.449. The van der Waals surface area contributed by atoms with Crippen LogP contribution in [0.15, 0.2) is 0 Å². The topological polar surface area (TPSA) is 70.6 Å². The van der Waals surface area contributed by atoms with Gasteiger partial charge < -0.3 is 20.5 Å². The molecule has 14 heavy (non-hydrogen) atoms. The van der Waals surface area contributed by atoms with E-state index >= 15 is 0 Å². The van der Waals surface area contributed by atoms with Crippen molar-refractivity contribution in [1.82, 2.24) is 10.6 Å². The third kappa shape index (κ3) is 9.44. The van der Waals surface area contributed by atoms with Gasteiger partial charge >= 0.3 is 0 Å². The molecule has 5 heteroatoms. The number of hydrogen-bond acceptors (Lipinski definition) is 4. The van der Waals surface area contributed by atoms with Crippen LogP contribution in [0.2, 0.25) is 0 Å². The summed E-state index contributed by atoms with van der Waals surface area (Å²) in [6, 6.07) is 0. The molecule has 0 spiro atoms. The van der Waals surface area contributed by atoms with Crippen molar-refractivity contribution in [3.8, 4) is 0 Å². The molecule has 0 fully saturated rings. The molecule has 0 aliphatic carbocycles. The fourth-order valence-corrected chi connectivity index (χ4v) is 0.894. The van der Waals surface area contributed by atoms with E-state index in [1.807, 2.05) is 0 Å². The lowest BCUT2D eigenvalue weighted by Crippen LogP contribution is -2.32. The zero-order valence-corrected chi connectivity index (χ0v) is 8.88. The summed E-state index contributed by atoms with van der Waals surface area (Å²) in [7, 11) is 1.59. The van der Waals surface area contributed by atoms with Gasteiger partial charge in [-0.3, -0.25) is 4.79 Å². The minimum atomic E-state index is -0.369. The van der Waals surface area contributed by atoms with E-state index < -0.39 is 0 Å². The highest BCUT2D eigenvalue weighted by Gasteiger charge is 2.00. The Labute approximate surface area is 84.8 Å². The Kier molecular flexibility index (Phi) is 8.51. The van der Waals surface area contributed by atoms with Crippen LogP contribution in [0.4, 0.5) is 0 Å². The van der Waals surface area contributed by atoms with Crippen molar-refractivity contribution in [2.24, 2.45) is 0 Å². The maximum atomic E-state index is 11.1. The Morgan fingerprint density at radius 3 is 2.79 bits per heavy atom. The number of nitrogens with one attached hydrogen (secondary N) is 2. The standard InChI is InChI=1S/C9H20N2O3/c1-8(12)7-10-4-3-9(13)11-5-6-14-2/h8,10,12H,3-7H2,1-2H3,(H,11,13)/t8-/m0/s1. The predicted octanol–water partition coefficient (Wildman–Crippen LogP) is -0.890. The molecule has 1 amide bonds. The smallest absolute Gasteiger partial charge is 0.221 e. The molecule has 0 saturated heterocycles. The summed E-state index contributed by atoms with van der Waals surface area (Å²) in [6.45, 7) is 3.89. The van der Waals surface area contributed by atoms with Crippen LogP contribution >= 0.6 is 0 Å². The third-order valence-electron chi connectivity index (χ3n) is 1.60. The number of aliphatic hydroxyl groups is 1. The lowest BCUT2D eigenvalue weighted by Gasteiger charge is -2.07. The average Bonchev–Trinajstić information content (AvgIpc) is 2.13. The van der Waals surface area contributed by atoms with Gasteiger partial charge in [0.1, 0.15) is 0 Å². The van der Waals surface area contributed by atoms with Gasteiger partial charge in [0.25, 0.3) is 0 Å². The summed E-state index contributed by atoms with van der Waals surface area (Å²) in [4.78, 5) is 11.1. The van der Waals surface area contributed by atoms with Gasteiger partial charge in [-0.2, -0.15) is 0 Å². The Hall–Kier alpha value is -0.650. The molecular formula is C9H20N2O3. The zero-order chi connectivity index (χ0) is 10.8. The Balaban J connectivity index is 3.18. The van der Waals surface area contributed by atoms with E-state index in [0.717, 1.165) is 0 Å². The molecule has 0 heterocycles. The predicted molar refractivity (Wildman–Crippen MR) is 54.1 cm³/mol.